The van der Waals surface area contributed by atoms with Crippen molar-refractivity contribution in [1.29, 1.82) is 0 Å². The number of hydrogen-bond acceptors (Lipinski definition) is 4. The Morgan fingerprint density at radius 2 is 2.18 bits per heavy atom. The fraction of sp³-hybridized carbons (Fsp3) is 0.417. The van der Waals surface area contributed by atoms with Crippen LogP contribution < -0.4 is 4.90 Å². The lowest BCUT2D eigenvalue weighted by atomic mass is 10.2. The lowest BCUT2D eigenvalue weighted by Gasteiger charge is -2.21. The van der Waals surface area contributed by atoms with Gasteiger partial charge in [0, 0.05) is 30.9 Å². The molecule has 0 fully saturated rings. The number of methoxy groups -OCH3 is 1. The Morgan fingerprint density at radius 3 is 2.94 bits per heavy atom. The molecule has 0 amide bonds. The number of fused-ring (bicyclic) bond motifs is 1. The lowest BCUT2D eigenvalue weighted by molar-refractivity contribution is 0.205. The number of benzene rings is 1. The number of rotatable bonds is 6. The minimum Gasteiger partial charge on any atom is -0.383 e. The van der Waals surface area contributed by atoms with Crippen LogP contribution in [0.15, 0.2) is 24.3 Å². The lowest BCUT2D eigenvalue weighted by Crippen LogP contribution is -2.28. The molecule has 0 atom stereocenters. The molecule has 2 rings (SSSR count). The Hall–Kier alpha value is -0.650. The highest BCUT2D eigenvalue weighted by atomic mass is 79.9. The molecule has 92 valence electrons. The van der Waals surface area contributed by atoms with Gasteiger partial charge in [0.05, 0.1) is 12.1 Å². The maximum atomic E-state index is 5.16. The molecule has 0 saturated carbocycles. The first-order chi connectivity index (χ1) is 8.36. The van der Waals surface area contributed by atoms with Gasteiger partial charge in [-0.1, -0.05) is 28.1 Å². The minimum absolute atomic E-state index is 0.735. The summed E-state index contributed by atoms with van der Waals surface area (Å²) in [5, 5.41) is 3.41. The molecule has 17 heavy (non-hydrogen) atoms. The molecule has 0 bridgehead atoms. The van der Waals surface area contributed by atoms with Crippen LogP contribution in [0, 0.1) is 0 Å². The number of hydrogen-bond donors (Lipinski definition) is 0. The molecule has 0 N–H and O–H groups in total. The Bertz CT molecular complexity index is 474. The second kappa shape index (κ2) is 6.33. The van der Waals surface area contributed by atoms with Crippen molar-refractivity contribution in [1.82, 2.24) is 4.37 Å². The van der Waals surface area contributed by atoms with Crippen molar-refractivity contribution in [3.63, 3.8) is 0 Å². The van der Waals surface area contributed by atoms with E-state index < -0.39 is 0 Å². The Kier molecular flexibility index (Phi) is 4.76. The average molecular weight is 315 g/mol. The molecule has 0 radical (unpaired) electrons. The largest absolute Gasteiger partial charge is 0.383 e. The Morgan fingerprint density at radius 1 is 1.35 bits per heavy atom. The van der Waals surface area contributed by atoms with Crippen LogP contribution >= 0.6 is 27.5 Å². The van der Waals surface area contributed by atoms with Gasteiger partial charge < -0.3 is 9.64 Å². The summed E-state index contributed by atoms with van der Waals surface area (Å²) in [7, 11) is 1.73. The highest BCUT2D eigenvalue weighted by molar-refractivity contribution is 9.09. The first-order valence-corrected chi connectivity index (χ1v) is 7.40. The maximum absolute atomic E-state index is 5.16. The molecule has 3 nitrogen and oxygen atoms in total. The van der Waals surface area contributed by atoms with E-state index in [1.807, 2.05) is 6.07 Å². The van der Waals surface area contributed by atoms with Gasteiger partial charge in [-0.25, -0.2) is 0 Å². The van der Waals surface area contributed by atoms with Gasteiger partial charge in [-0.05, 0) is 23.7 Å². The molecule has 0 aliphatic carbocycles. The number of ether oxygens (including phenoxy) is 1. The van der Waals surface area contributed by atoms with Crippen LogP contribution in [-0.4, -0.2) is 36.5 Å². The van der Waals surface area contributed by atoms with Gasteiger partial charge in [0.1, 0.15) is 5.00 Å². The highest BCUT2D eigenvalue weighted by Gasteiger charge is 2.12. The van der Waals surface area contributed by atoms with E-state index in [2.05, 4.69) is 43.4 Å². The molecular formula is C12H15BrN2OS. The van der Waals surface area contributed by atoms with Crippen LogP contribution in [0.3, 0.4) is 0 Å². The predicted octanol–water partition coefficient (Wildman–Crippen LogP) is 3.14. The van der Waals surface area contributed by atoms with Crippen molar-refractivity contribution in [2.45, 2.75) is 0 Å². The molecule has 5 heteroatoms. The monoisotopic (exact) mass is 314 g/mol. The first kappa shape index (κ1) is 12.8. The molecule has 0 saturated heterocycles. The van der Waals surface area contributed by atoms with Gasteiger partial charge in [0.2, 0.25) is 0 Å². The number of nitrogens with zero attached hydrogens (tertiary/aromatic N) is 2. The molecule has 0 unspecified atom stereocenters. The molecule has 1 aromatic heterocycles. The van der Waals surface area contributed by atoms with Crippen LogP contribution in [0.4, 0.5) is 5.00 Å². The van der Waals surface area contributed by atoms with Crippen LogP contribution in [0.5, 0.6) is 0 Å². The zero-order valence-electron chi connectivity index (χ0n) is 9.73. The van der Waals surface area contributed by atoms with Gasteiger partial charge >= 0.3 is 0 Å². The second-order valence-corrected chi connectivity index (χ2v) is 5.22. The van der Waals surface area contributed by atoms with E-state index in [1.54, 1.807) is 18.6 Å². The smallest absolute Gasteiger partial charge is 0.120 e. The summed E-state index contributed by atoms with van der Waals surface area (Å²) < 4.78 is 9.63. The van der Waals surface area contributed by atoms with Crippen molar-refractivity contribution < 1.29 is 4.74 Å². The SMILES string of the molecule is COCCN(CCBr)c1snc2ccccc12. The van der Waals surface area contributed by atoms with Gasteiger partial charge in [-0.3, -0.25) is 0 Å². The Balaban J connectivity index is 2.27. The summed E-state index contributed by atoms with van der Waals surface area (Å²) in [6, 6.07) is 8.26. The second-order valence-electron chi connectivity index (χ2n) is 3.67. The minimum atomic E-state index is 0.735. The third-order valence-electron chi connectivity index (χ3n) is 2.57. The molecular weight excluding hydrogens is 300 g/mol. The van der Waals surface area contributed by atoms with Crippen molar-refractivity contribution in [2.75, 3.05) is 37.0 Å². The van der Waals surface area contributed by atoms with Gasteiger partial charge in [0.15, 0.2) is 0 Å². The van der Waals surface area contributed by atoms with Crippen LogP contribution in [0.1, 0.15) is 0 Å². The average Bonchev–Trinajstić information content (AvgIpc) is 2.78. The van der Waals surface area contributed by atoms with E-state index in [9.17, 15) is 0 Å². The van der Waals surface area contributed by atoms with E-state index in [0.29, 0.717) is 0 Å². The summed E-state index contributed by atoms with van der Waals surface area (Å²) in [4.78, 5) is 2.32. The normalized spacial score (nSPS) is 10.9. The standard InChI is InChI=1S/C12H15BrN2OS/c1-16-9-8-15(7-6-13)12-10-4-2-3-5-11(10)14-17-12/h2-5H,6-9H2,1H3. The zero-order valence-corrected chi connectivity index (χ0v) is 12.1. The molecule has 0 aliphatic heterocycles. The van der Waals surface area contributed by atoms with E-state index in [-0.39, 0.29) is 0 Å². The van der Waals surface area contributed by atoms with E-state index in [4.69, 9.17) is 4.74 Å². The van der Waals surface area contributed by atoms with Gasteiger partial charge in [-0.15, -0.1) is 0 Å². The van der Waals surface area contributed by atoms with Crippen LogP contribution in [0.25, 0.3) is 10.9 Å². The molecule has 0 aliphatic rings. The van der Waals surface area contributed by atoms with E-state index in [1.165, 1.54) is 10.4 Å². The summed E-state index contributed by atoms with van der Waals surface area (Å²) >= 11 is 5.05. The fourth-order valence-corrected chi connectivity index (χ4v) is 3.06. The highest BCUT2D eigenvalue weighted by Crippen LogP contribution is 2.30. The molecule has 1 aromatic carbocycles. The Labute approximate surface area is 114 Å². The first-order valence-electron chi connectivity index (χ1n) is 5.51. The van der Waals surface area contributed by atoms with Gasteiger partial charge in [0.25, 0.3) is 0 Å². The number of alkyl halides is 1. The van der Waals surface area contributed by atoms with Gasteiger partial charge in [-0.2, -0.15) is 4.37 Å². The predicted molar refractivity (Wildman–Crippen MR) is 77.5 cm³/mol. The summed E-state index contributed by atoms with van der Waals surface area (Å²) in [5.74, 6) is 0. The molecule has 1 heterocycles. The van der Waals surface area contributed by atoms with Crippen LogP contribution in [0.2, 0.25) is 0 Å². The number of anilines is 1. The quantitative estimate of drug-likeness (QED) is 0.766. The summed E-state index contributed by atoms with van der Waals surface area (Å²) in [5.41, 5.74) is 1.07. The van der Waals surface area contributed by atoms with Crippen molar-refractivity contribution >= 4 is 43.4 Å². The topological polar surface area (TPSA) is 25.4 Å². The third kappa shape index (κ3) is 2.97. The maximum Gasteiger partial charge on any atom is 0.120 e. The van der Waals surface area contributed by atoms with Crippen molar-refractivity contribution in [3.8, 4) is 0 Å². The van der Waals surface area contributed by atoms with Crippen LogP contribution in [-0.2, 0) is 4.74 Å². The summed E-state index contributed by atoms with van der Waals surface area (Å²) in [6.45, 7) is 2.60. The van der Waals surface area contributed by atoms with E-state index >= 15 is 0 Å². The van der Waals surface area contributed by atoms with Crippen molar-refractivity contribution in [3.05, 3.63) is 24.3 Å². The molecule has 0 spiro atoms. The molecule has 2 aromatic rings. The number of aromatic nitrogens is 1. The fourth-order valence-electron chi connectivity index (χ4n) is 1.72. The van der Waals surface area contributed by atoms with E-state index in [0.717, 1.165) is 30.5 Å². The summed E-state index contributed by atoms with van der Waals surface area (Å²) in [6.07, 6.45) is 0. The zero-order chi connectivity index (χ0) is 12.1. The van der Waals surface area contributed by atoms with Crippen molar-refractivity contribution in [2.24, 2.45) is 0 Å². The third-order valence-corrected chi connectivity index (χ3v) is 3.87. The number of halogens is 1.